The number of amides is 1. The minimum Gasteiger partial charge on any atom is -0.302 e. The van der Waals surface area contributed by atoms with Crippen LogP contribution < -0.4 is 5.32 Å². The molecule has 1 saturated carbocycles. The average molecular weight is 314 g/mol. The van der Waals surface area contributed by atoms with Crippen molar-refractivity contribution in [3.63, 3.8) is 0 Å². The van der Waals surface area contributed by atoms with Gasteiger partial charge >= 0.3 is 0 Å². The first-order chi connectivity index (χ1) is 10.6. The minimum atomic E-state index is 0.140. The number of hydrogen-bond donors (Lipinski definition) is 1. The molecular weight excluding hydrogens is 292 g/mol. The second-order valence-electron chi connectivity index (χ2n) is 6.16. The minimum absolute atomic E-state index is 0.140. The van der Waals surface area contributed by atoms with Crippen molar-refractivity contribution < 1.29 is 4.79 Å². The van der Waals surface area contributed by atoms with Gasteiger partial charge in [-0.3, -0.25) is 4.79 Å². The molecule has 3 nitrogen and oxygen atoms in total. The molecule has 0 atom stereocenters. The van der Waals surface area contributed by atoms with Crippen molar-refractivity contribution in [1.29, 1.82) is 0 Å². The van der Waals surface area contributed by atoms with Crippen LogP contribution in [-0.2, 0) is 4.79 Å². The maximum absolute atomic E-state index is 12.3. The van der Waals surface area contributed by atoms with Gasteiger partial charge in [0, 0.05) is 16.9 Å². The van der Waals surface area contributed by atoms with Gasteiger partial charge in [-0.15, -0.1) is 11.3 Å². The van der Waals surface area contributed by atoms with Crippen LogP contribution in [0.2, 0.25) is 0 Å². The number of anilines is 1. The van der Waals surface area contributed by atoms with E-state index in [4.69, 9.17) is 0 Å². The zero-order valence-electron chi connectivity index (χ0n) is 13.2. The van der Waals surface area contributed by atoms with Crippen molar-refractivity contribution in [2.24, 2.45) is 5.92 Å². The Hall–Kier alpha value is -1.68. The Morgan fingerprint density at radius 1 is 1.18 bits per heavy atom. The molecule has 0 radical (unpaired) electrons. The SMILES string of the molecule is Cc1ccc(-c2csc(NC(=O)C3CCCCC3)n2)cc1C. The highest BCUT2D eigenvalue weighted by atomic mass is 32.1. The third-order valence-electron chi connectivity index (χ3n) is 4.51. The second-order valence-corrected chi connectivity index (χ2v) is 7.02. The van der Waals surface area contributed by atoms with Gasteiger partial charge in [0.15, 0.2) is 5.13 Å². The van der Waals surface area contributed by atoms with E-state index < -0.39 is 0 Å². The second kappa shape index (κ2) is 6.61. The lowest BCUT2D eigenvalue weighted by Gasteiger charge is -2.19. The molecule has 1 fully saturated rings. The smallest absolute Gasteiger partial charge is 0.229 e. The highest BCUT2D eigenvalue weighted by Crippen LogP contribution is 2.28. The summed E-state index contributed by atoms with van der Waals surface area (Å²) in [4.78, 5) is 16.8. The zero-order valence-corrected chi connectivity index (χ0v) is 14.0. The predicted octanol–water partition coefficient (Wildman–Crippen LogP) is 4.95. The van der Waals surface area contributed by atoms with Crippen LogP contribution in [0.15, 0.2) is 23.6 Å². The maximum Gasteiger partial charge on any atom is 0.229 e. The van der Waals surface area contributed by atoms with Gasteiger partial charge in [0.1, 0.15) is 0 Å². The lowest BCUT2D eigenvalue weighted by atomic mass is 9.89. The monoisotopic (exact) mass is 314 g/mol. The van der Waals surface area contributed by atoms with Gasteiger partial charge < -0.3 is 5.32 Å². The van der Waals surface area contributed by atoms with Crippen molar-refractivity contribution in [2.45, 2.75) is 46.0 Å². The molecule has 4 heteroatoms. The number of carbonyl (C=O) groups is 1. The molecule has 0 spiro atoms. The van der Waals surface area contributed by atoms with Crippen molar-refractivity contribution >= 4 is 22.4 Å². The normalized spacial score (nSPS) is 15.7. The molecule has 22 heavy (non-hydrogen) atoms. The first kappa shape index (κ1) is 15.2. The summed E-state index contributed by atoms with van der Waals surface area (Å²) >= 11 is 1.50. The number of aromatic nitrogens is 1. The zero-order chi connectivity index (χ0) is 15.5. The molecule has 1 heterocycles. The summed E-state index contributed by atoms with van der Waals surface area (Å²) in [5.74, 6) is 0.309. The first-order valence-electron chi connectivity index (χ1n) is 7.97. The van der Waals surface area contributed by atoms with Crippen LogP contribution in [0.4, 0.5) is 5.13 Å². The molecule has 1 aliphatic carbocycles. The van der Waals surface area contributed by atoms with E-state index in [1.807, 2.05) is 5.38 Å². The fraction of sp³-hybridized carbons (Fsp3) is 0.444. The standard InChI is InChI=1S/C18H22N2OS/c1-12-8-9-15(10-13(12)2)16-11-22-18(19-16)20-17(21)14-6-4-3-5-7-14/h8-11,14H,3-7H2,1-2H3,(H,19,20,21). The van der Waals surface area contributed by atoms with E-state index in [-0.39, 0.29) is 11.8 Å². The van der Waals surface area contributed by atoms with E-state index in [1.54, 1.807) is 0 Å². The molecule has 1 N–H and O–H groups in total. The lowest BCUT2D eigenvalue weighted by molar-refractivity contribution is -0.120. The fourth-order valence-corrected chi connectivity index (χ4v) is 3.66. The number of thiazole rings is 1. The van der Waals surface area contributed by atoms with Crippen LogP contribution in [0.1, 0.15) is 43.2 Å². The summed E-state index contributed by atoms with van der Waals surface area (Å²) in [6.07, 6.45) is 5.63. The van der Waals surface area contributed by atoms with Gasteiger partial charge in [-0.25, -0.2) is 4.98 Å². The summed E-state index contributed by atoms with van der Waals surface area (Å²) in [6.45, 7) is 4.22. The Morgan fingerprint density at radius 2 is 1.95 bits per heavy atom. The molecule has 0 aliphatic heterocycles. The van der Waals surface area contributed by atoms with Crippen molar-refractivity contribution in [3.05, 3.63) is 34.7 Å². The number of carbonyl (C=O) groups excluding carboxylic acids is 1. The molecule has 1 aromatic carbocycles. The number of aryl methyl sites for hydroxylation is 2. The third-order valence-corrected chi connectivity index (χ3v) is 5.27. The molecule has 0 saturated heterocycles. The number of hydrogen-bond acceptors (Lipinski definition) is 3. The molecule has 116 valence electrons. The van der Waals surface area contributed by atoms with Crippen LogP contribution in [0.3, 0.4) is 0 Å². The van der Waals surface area contributed by atoms with E-state index in [0.717, 1.165) is 24.1 Å². The van der Waals surface area contributed by atoms with Crippen LogP contribution in [0.5, 0.6) is 0 Å². The molecule has 3 rings (SSSR count). The van der Waals surface area contributed by atoms with Gasteiger partial charge in [0.05, 0.1) is 5.69 Å². The summed E-state index contributed by atoms with van der Waals surface area (Å²) in [7, 11) is 0. The van der Waals surface area contributed by atoms with Crippen molar-refractivity contribution in [1.82, 2.24) is 4.98 Å². The van der Waals surface area contributed by atoms with E-state index >= 15 is 0 Å². The lowest BCUT2D eigenvalue weighted by Crippen LogP contribution is -2.24. The van der Waals surface area contributed by atoms with Crippen LogP contribution in [-0.4, -0.2) is 10.9 Å². The Morgan fingerprint density at radius 3 is 2.68 bits per heavy atom. The van der Waals surface area contributed by atoms with Crippen molar-refractivity contribution in [2.75, 3.05) is 5.32 Å². The molecule has 1 amide bonds. The predicted molar refractivity (Wildman–Crippen MR) is 92.2 cm³/mol. The number of benzene rings is 1. The number of nitrogens with zero attached hydrogens (tertiary/aromatic N) is 1. The summed E-state index contributed by atoms with van der Waals surface area (Å²) in [6, 6.07) is 6.35. The third kappa shape index (κ3) is 3.38. The highest BCUT2D eigenvalue weighted by Gasteiger charge is 2.21. The van der Waals surface area contributed by atoms with E-state index in [2.05, 4.69) is 42.3 Å². The number of rotatable bonds is 3. The molecule has 0 unspecified atom stereocenters. The topological polar surface area (TPSA) is 42.0 Å². The summed E-state index contributed by atoms with van der Waals surface area (Å²) < 4.78 is 0. The largest absolute Gasteiger partial charge is 0.302 e. The van der Waals surface area contributed by atoms with E-state index in [0.29, 0.717) is 5.13 Å². The Bertz CT molecular complexity index is 671. The first-order valence-corrected chi connectivity index (χ1v) is 8.85. The molecular formula is C18H22N2OS. The van der Waals surface area contributed by atoms with Gasteiger partial charge in [0.25, 0.3) is 0 Å². The fourth-order valence-electron chi connectivity index (χ4n) is 2.94. The highest BCUT2D eigenvalue weighted by molar-refractivity contribution is 7.14. The Kier molecular flexibility index (Phi) is 4.57. The van der Waals surface area contributed by atoms with Gasteiger partial charge in [-0.1, -0.05) is 31.4 Å². The molecule has 1 aromatic heterocycles. The van der Waals surface area contributed by atoms with E-state index in [9.17, 15) is 4.79 Å². The summed E-state index contributed by atoms with van der Waals surface area (Å²) in [5.41, 5.74) is 4.59. The van der Waals surface area contributed by atoms with Crippen LogP contribution >= 0.6 is 11.3 Å². The molecule has 0 bridgehead atoms. The van der Waals surface area contributed by atoms with Gasteiger partial charge in [-0.2, -0.15) is 0 Å². The van der Waals surface area contributed by atoms with Crippen LogP contribution in [0, 0.1) is 19.8 Å². The Balaban J connectivity index is 1.70. The van der Waals surface area contributed by atoms with Gasteiger partial charge in [-0.05, 0) is 43.9 Å². The molecule has 1 aliphatic rings. The average Bonchev–Trinajstić information content (AvgIpc) is 2.99. The quantitative estimate of drug-likeness (QED) is 0.871. The van der Waals surface area contributed by atoms with E-state index in [1.165, 1.54) is 41.7 Å². The maximum atomic E-state index is 12.3. The molecule has 2 aromatic rings. The van der Waals surface area contributed by atoms with Crippen LogP contribution in [0.25, 0.3) is 11.3 Å². The van der Waals surface area contributed by atoms with Crippen molar-refractivity contribution in [3.8, 4) is 11.3 Å². The summed E-state index contributed by atoms with van der Waals surface area (Å²) in [5, 5.41) is 5.72. The van der Waals surface area contributed by atoms with Gasteiger partial charge in [0.2, 0.25) is 5.91 Å². The Labute approximate surface area is 135 Å². The number of nitrogens with one attached hydrogen (secondary N) is 1.